The van der Waals surface area contributed by atoms with Crippen LogP contribution in [0, 0.1) is 0 Å². The van der Waals surface area contributed by atoms with Gasteiger partial charge >= 0.3 is 0 Å². The average Bonchev–Trinajstić information content (AvgIpc) is 2.38. The number of carbonyl (C=O) groups excluding carboxylic acids is 1. The maximum Gasteiger partial charge on any atom is 0.248 e. The monoisotopic (exact) mass is 253 g/mol. The fourth-order valence-electron chi connectivity index (χ4n) is 1.51. The van der Waals surface area contributed by atoms with Crippen LogP contribution in [-0.2, 0) is 11.2 Å². The highest BCUT2D eigenvalue weighted by atomic mass is 16.5. The molecule has 0 aliphatic heterocycles. The van der Waals surface area contributed by atoms with Gasteiger partial charge in [-0.05, 0) is 31.0 Å². The molecule has 0 saturated heterocycles. The van der Waals surface area contributed by atoms with E-state index in [1.807, 2.05) is 18.2 Å². The molecule has 1 aromatic carbocycles. The van der Waals surface area contributed by atoms with Gasteiger partial charge in [0, 0.05) is 6.54 Å². The molecule has 0 spiro atoms. The molecule has 5 nitrogen and oxygen atoms in total. The Kier molecular flexibility index (Phi) is 5.45. The molecule has 1 atom stereocenters. The molecule has 1 amide bonds. The van der Waals surface area contributed by atoms with Gasteiger partial charge in [-0.1, -0.05) is 6.07 Å². The van der Waals surface area contributed by atoms with Gasteiger partial charge in [-0.15, -0.1) is 0 Å². The number of methoxy groups -OCH3 is 2. The summed E-state index contributed by atoms with van der Waals surface area (Å²) in [6.45, 7) is 1.91. The zero-order chi connectivity index (χ0) is 13.5. The van der Waals surface area contributed by atoms with E-state index in [-0.39, 0.29) is 5.91 Å². The van der Waals surface area contributed by atoms with Crippen LogP contribution in [0.5, 0.6) is 11.5 Å². The molecule has 100 valence electrons. The summed E-state index contributed by atoms with van der Waals surface area (Å²) in [4.78, 5) is 11.2. The molecule has 0 saturated carbocycles. The predicted octanol–water partition coefficient (Wildman–Crippen LogP) is 0.743. The summed E-state index contributed by atoms with van der Waals surface area (Å²) in [5.74, 6) is 0.974. The number of carbonyl (C=O) groups is 1. The highest BCUT2D eigenvalue weighted by molar-refractivity contribution is 5.79. The van der Waals surface area contributed by atoms with Crippen LogP contribution in [0.3, 0.4) is 0 Å². The molecule has 1 rings (SSSR count). The molecule has 1 unspecified atom stereocenters. The third-order valence-electron chi connectivity index (χ3n) is 2.54. The van der Waals surface area contributed by atoms with Crippen LogP contribution < -0.4 is 14.8 Å². The molecular formula is C13H19NO4. The Morgan fingerprint density at radius 3 is 2.56 bits per heavy atom. The van der Waals surface area contributed by atoms with Gasteiger partial charge in [0.15, 0.2) is 11.5 Å². The van der Waals surface area contributed by atoms with Crippen molar-refractivity contribution in [3.05, 3.63) is 23.8 Å². The second-order valence-electron chi connectivity index (χ2n) is 3.91. The van der Waals surface area contributed by atoms with Crippen molar-refractivity contribution in [2.75, 3.05) is 20.8 Å². The average molecular weight is 253 g/mol. The minimum Gasteiger partial charge on any atom is -0.493 e. The molecular weight excluding hydrogens is 234 g/mol. The lowest BCUT2D eigenvalue weighted by molar-refractivity contribution is -0.128. The fourth-order valence-corrected chi connectivity index (χ4v) is 1.51. The van der Waals surface area contributed by atoms with Gasteiger partial charge in [-0.3, -0.25) is 4.79 Å². The summed E-state index contributed by atoms with van der Waals surface area (Å²) in [6, 6.07) is 5.61. The number of hydrogen-bond acceptors (Lipinski definition) is 4. The standard InChI is InChI=1S/C13H19NO4/c1-9(15)13(16)14-7-6-10-4-5-11(17-2)12(8-10)18-3/h4-5,8-9,15H,6-7H2,1-3H3,(H,14,16). The van der Waals surface area contributed by atoms with E-state index in [1.165, 1.54) is 6.92 Å². The van der Waals surface area contributed by atoms with E-state index in [2.05, 4.69) is 5.32 Å². The highest BCUT2D eigenvalue weighted by Gasteiger charge is 2.08. The van der Waals surface area contributed by atoms with Crippen LogP contribution in [-0.4, -0.2) is 37.9 Å². The Hall–Kier alpha value is -1.75. The Balaban J connectivity index is 2.55. The smallest absolute Gasteiger partial charge is 0.248 e. The van der Waals surface area contributed by atoms with Gasteiger partial charge in [0.05, 0.1) is 14.2 Å². The van der Waals surface area contributed by atoms with Gasteiger partial charge in [-0.25, -0.2) is 0 Å². The maximum atomic E-state index is 11.2. The summed E-state index contributed by atoms with van der Waals surface area (Å²) < 4.78 is 10.3. The Morgan fingerprint density at radius 2 is 2.00 bits per heavy atom. The Bertz CT molecular complexity index is 404. The summed E-state index contributed by atoms with van der Waals surface area (Å²) in [5, 5.41) is 11.7. The van der Waals surface area contributed by atoms with Crippen molar-refractivity contribution in [1.29, 1.82) is 0 Å². The first kappa shape index (κ1) is 14.3. The van der Waals surface area contributed by atoms with Crippen LogP contribution in [0.2, 0.25) is 0 Å². The highest BCUT2D eigenvalue weighted by Crippen LogP contribution is 2.27. The molecule has 2 N–H and O–H groups in total. The zero-order valence-corrected chi connectivity index (χ0v) is 10.9. The number of amides is 1. The quantitative estimate of drug-likeness (QED) is 0.785. The summed E-state index contributed by atoms with van der Waals surface area (Å²) in [7, 11) is 3.16. The fraction of sp³-hybridized carbons (Fsp3) is 0.462. The maximum absolute atomic E-state index is 11.2. The van der Waals surface area contributed by atoms with Crippen LogP contribution in [0.4, 0.5) is 0 Å². The van der Waals surface area contributed by atoms with Crippen molar-refractivity contribution < 1.29 is 19.4 Å². The largest absolute Gasteiger partial charge is 0.493 e. The minimum absolute atomic E-state index is 0.365. The van der Waals surface area contributed by atoms with Gasteiger partial charge in [0.25, 0.3) is 0 Å². The number of rotatable bonds is 6. The van der Waals surface area contributed by atoms with E-state index >= 15 is 0 Å². The number of hydrogen-bond donors (Lipinski definition) is 2. The molecule has 0 bridgehead atoms. The molecule has 0 aliphatic carbocycles. The molecule has 5 heteroatoms. The van der Waals surface area contributed by atoms with Crippen molar-refractivity contribution >= 4 is 5.91 Å². The molecule has 1 aromatic rings. The van der Waals surface area contributed by atoms with Crippen molar-refractivity contribution in [3.63, 3.8) is 0 Å². The Morgan fingerprint density at radius 1 is 1.33 bits per heavy atom. The number of benzene rings is 1. The van der Waals surface area contributed by atoms with Crippen molar-refractivity contribution in [2.24, 2.45) is 0 Å². The SMILES string of the molecule is COc1ccc(CCNC(=O)C(C)O)cc1OC. The molecule has 0 fully saturated rings. The number of ether oxygens (including phenoxy) is 2. The molecule has 0 radical (unpaired) electrons. The number of aliphatic hydroxyl groups excluding tert-OH is 1. The van der Waals surface area contributed by atoms with Crippen LogP contribution in [0.1, 0.15) is 12.5 Å². The van der Waals surface area contributed by atoms with E-state index in [0.717, 1.165) is 5.56 Å². The third-order valence-corrected chi connectivity index (χ3v) is 2.54. The van der Waals surface area contributed by atoms with Gasteiger partial charge < -0.3 is 19.9 Å². The lowest BCUT2D eigenvalue weighted by Crippen LogP contribution is -2.33. The van der Waals surface area contributed by atoms with Gasteiger partial charge in [0.2, 0.25) is 5.91 Å². The van der Waals surface area contributed by atoms with Crippen molar-refractivity contribution in [2.45, 2.75) is 19.4 Å². The van der Waals surface area contributed by atoms with E-state index < -0.39 is 6.10 Å². The zero-order valence-electron chi connectivity index (χ0n) is 10.9. The number of aliphatic hydroxyl groups is 1. The first-order valence-corrected chi connectivity index (χ1v) is 5.75. The minimum atomic E-state index is -0.976. The molecule has 0 aromatic heterocycles. The van der Waals surface area contributed by atoms with Crippen LogP contribution >= 0.6 is 0 Å². The molecule has 0 aliphatic rings. The normalized spacial score (nSPS) is 11.8. The second kappa shape index (κ2) is 6.86. The van der Waals surface area contributed by atoms with Crippen molar-refractivity contribution in [1.82, 2.24) is 5.32 Å². The third kappa shape index (κ3) is 3.92. The van der Waals surface area contributed by atoms with Gasteiger partial charge in [0.1, 0.15) is 6.10 Å². The van der Waals surface area contributed by atoms with Crippen LogP contribution in [0.25, 0.3) is 0 Å². The van der Waals surface area contributed by atoms with Crippen LogP contribution in [0.15, 0.2) is 18.2 Å². The Labute approximate surface area is 107 Å². The molecule has 0 heterocycles. The van der Waals surface area contributed by atoms with Gasteiger partial charge in [-0.2, -0.15) is 0 Å². The van der Waals surface area contributed by atoms with E-state index in [0.29, 0.717) is 24.5 Å². The van der Waals surface area contributed by atoms with E-state index in [4.69, 9.17) is 14.6 Å². The van der Waals surface area contributed by atoms with E-state index in [1.54, 1.807) is 14.2 Å². The number of nitrogens with one attached hydrogen (secondary N) is 1. The summed E-state index contributed by atoms with van der Waals surface area (Å²) in [6.07, 6.45) is -0.311. The lowest BCUT2D eigenvalue weighted by atomic mass is 10.1. The lowest BCUT2D eigenvalue weighted by Gasteiger charge is -2.10. The van der Waals surface area contributed by atoms with E-state index in [9.17, 15) is 4.79 Å². The predicted molar refractivity (Wildman–Crippen MR) is 67.9 cm³/mol. The second-order valence-corrected chi connectivity index (χ2v) is 3.91. The first-order valence-electron chi connectivity index (χ1n) is 5.75. The molecule has 18 heavy (non-hydrogen) atoms. The summed E-state index contributed by atoms with van der Waals surface area (Å²) >= 11 is 0. The first-order chi connectivity index (χ1) is 8.58. The topological polar surface area (TPSA) is 67.8 Å². The van der Waals surface area contributed by atoms with Crippen molar-refractivity contribution in [3.8, 4) is 11.5 Å². The summed E-state index contributed by atoms with van der Waals surface area (Å²) in [5.41, 5.74) is 1.03.